The highest BCUT2D eigenvalue weighted by molar-refractivity contribution is 5.93. The number of hydrogen-bond acceptors (Lipinski definition) is 3. The molecule has 0 aliphatic carbocycles. The molecule has 0 spiro atoms. The Morgan fingerprint density at radius 1 is 1.20 bits per heavy atom. The van der Waals surface area contributed by atoms with Crippen molar-refractivity contribution in [1.82, 2.24) is 0 Å². The van der Waals surface area contributed by atoms with E-state index in [0.717, 1.165) is 16.9 Å². The molecule has 1 amide bonds. The van der Waals surface area contributed by atoms with Gasteiger partial charge in [-0.2, -0.15) is 0 Å². The highest BCUT2D eigenvalue weighted by Gasteiger charge is 2.07. The van der Waals surface area contributed by atoms with E-state index in [1.54, 1.807) is 18.2 Å². The van der Waals surface area contributed by atoms with Crippen LogP contribution in [0.25, 0.3) is 0 Å². The summed E-state index contributed by atoms with van der Waals surface area (Å²) in [5.41, 5.74) is 15.1. The van der Waals surface area contributed by atoms with E-state index in [9.17, 15) is 4.79 Å². The van der Waals surface area contributed by atoms with Crippen LogP contribution < -0.4 is 16.2 Å². The molecule has 104 valence electrons. The summed E-state index contributed by atoms with van der Waals surface area (Å²) in [6, 6.07) is 10.9. The normalized spacial score (nSPS) is 10.3. The second kappa shape index (κ2) is 5.65. The van der Waals surface area contributed by atoms with Crippen LogP contribution in [0.1, 0.15) is 27.0 Å². The highest BCUT2D eigenvalue weighted by Crippen LogP contribution is 2.23. The van der Waals surface area contributed by atoms with Crippen molar-refractivity contribution in [2.45, 2.75) is 20.5 Å². The largest absolute Gasteiger partial charge is 0.489 e. The Balaban J connectivity index is 2.15. The van der Waals surface area contributed by atoms with E-state index < -0.39 is 5.91 Å². The van der Waals surface area contributed by atoms with E-state index >= 15 is 0 Å². The van der Waals surface area contributed by atoms with E-state index in [1.165, 1.54) is 5.56 Å². The molecule has 2 rings (SSSR count). The van der Waals surface area contributed by atoms with E-state index in [1.807, 2.05) is 32.0 Å². The lowest BCUT2D eigenvalue weighted by Gasteiger charge is -2.12. The molecule has 0 atom stereocenters. The van der Waals surface area contributed by atoms with Gasteiger partial charge in [0.15, 0.2) is 0 Å². The van der Waals surface area contributed by atoms with Crippen molar-refractivity contribution in [3.05, 3.63) is 58.7 Å². The monoisotopic (exact) mass is 270 g/mol. The maximum atomic E-state index is 11.1. The second-order valence-corrected chi connectivity index (χ2v) is 4.76. The Hall–Kier alpha value is -2.49. The standard InChI is InChI=1S/C16H18N2O2/c1-10-4-3-5-15(11(10)2)20-9-13-7-6-12(16(18)19)8-14(13)17/h3-8H,9,17H2,1-2H3,(H2,18,19). The fourth-order valence-corrected chi connectivity index (χ4v) is 1.92. The van der Waals surface area contributed by atoms with Crippen LogP contribution in [0.2, 0.25) is 0 Å². The van der Waals surface area contributed by atoms with Crippen LogP contribution in [-0.4, -0.2) is 5.91 Å². The van der Waals surface area contributed by atoms with Gasteiger partial charge in [0.05, 0.1) is 0 Å². The van der Waals surface area contributed by atoms with Crippen molar-refractivity contribution < 1.29 is 9.53 Å². The number of hydrogen-bond donors (Lipinski definition) is 2. The summed E-state index contributed by atoms with van der Waals surface area (Å²) < 4.78 is 5.79. The van der Waals surface area contributed by atoms with Crippen molar-refractivity contribution in [2.24, 2.45) is 5.73 Å². The first-order chi connectivity index (χ1) is 9.49. The van der Waals surface area contributed by atoms with Gasteiger partial charge in [0.25, 0.3) is 0 Å². The van der Waals surface area contributed by atoms with Crippen molar-refractivity contribution in [1.29, 1.82) is 0 Å². The van der Waals surface area contributed by atoms with Gasteiger partial charge in [0, 0.05) is 16.8 Å². The van der Waals surface area contributed by atoms with Gasteiger partial charge in [0.1, 0.15) is 12.4 Å². The molecular formula is C16H18N2O2. The number of carbonyl (C=O) groups excluding carboxylic acids is 1. The van der Waals surface area contributed by atoms with Gasteiger partial charge in [-0.3, -0.25) is 4.79 Å². The summed E-state index contributed by atoms with van der Waals surface area (Å²) in [7, 11) is 0. The van der Waals surface area contributed by atoms with Crippen LogP contribution in [0.5, 0.6) is 5.75 Å². The molecule has 0 heterocycles. The number of aryl methyl sites for hydroxylation is 1. The van der Waals surface area contributed by atoms with Gasteiger partial charge in [-0.25, -0.2) is 0 Å². The fraction of sp³-hybridized carbons (Fsp3) is 0.188. The van der Waals surface area contributed by atoms with Crippen molar-refractivity contribution >= 4 is 11.6 Å². The van der Waals surface area contributed by atoms with Crippen LogP contribution in [0.3, 0.4) is 0 Å². The zero-order chi connectivity index (χ0) is 14.7. The van der Waals surface area contributed by atoms with E-state index in [2.05, 4.69) is 0 Å². The molecule has 0 radical (unpaired) electrons. The average Bonchev–Trinajstić information content (AvgIpc) is 2.41. The summed E-state index contributed by atoms with van der Waals surface area (Å²) in [5.74, 6) is 0.349. The lowest BCUT2D eigenvalue weighted by Crippen LogP contribution is -2.12. The molecule has 4 nitrogen and oxygen atoms in total. The van der Waals surface area contributed by atoms with Crippen LogP contribution in [-0.2, 0) is 6.61 Å². The summed E-state index contributed by atoms with van der Waals surface area (Å²) in [5, 5.41) is 0. The third-order valence-corrected chi connectivity index (χ3v) is 3.37. The van der Waals surface area contributed by atoms with E-state index in [-0.39, 0.29) is 0 Å². The molecule has 0 aliphatic heterocycles. The quantitative estimate of drug-likeness (QED) is 0.838. The van der Waals surface area contributed by atoms with Gasteiger partial charge >= 0.3 is 0 Å². The van der Waals surface area contributed by atoms with E-state index in [0.29, 0.717) is 17.9 Å². The number of ether oxygens (including phenoxy) is 1. The van der Waals surface area contributed by atoms with Gasteiger partial charge in [-0.05, 0) is 43.2 Å². The van der Waals surface area contributed by atoms with Crippen molar-refractivity contribution in [3.63, 3.8) is 0 Å². The molecule has 0 aromatic heterocycles. The summed E-state index contributed by atoms with van der Waals surface area (Å²) in [6.45, 7) is 4.41. The van der Waals surface area contributed by atoms with Crippen molar-refractivity contribution in [3.8, 4) is 5.75 Å². The van der Waals surface area contributed by atoms with Crippen LogP contribution in [0.4, 0.5) is 5.69 Å². The Morgan fingerprint density at radius 3 is 2.60 bits per heavy atom. The molecule has 0 fully saturated rings. The predicted molar refractivity (Wildman–Crippen MR) is 79.6 cm³/mol. The minimum atomic E-state index is -0.487. The number of benzene rings is 2. The molecule has 0 saturated carbocycles. The van der Waals surface area contributed by atoms with Crippen LogP contribution in [0.15, 0.2) is 36.4 Å². The van der Waals surface area contributed by atoms with E-state index in [4.69, 9.17) is 16.2 Å². The topological polar surface area (TPSA) is 78.3 Å². The molecule has 2 aromatic rings. The summed E-state index contributed by atoms with van der Waals surface area (Å²) in [6.07, 6.45) is 0. The van der Waals surface area contributed by atoms with Gasteiger partial charge < -0.3 is 16.2 Å². The molecule has 20 heavy (non-hydrogen) atoms. The second-order valence-electron chi connectivity index (χ2n) is 4.76. The SMILES string of the molecule is Cc1cccc(OCc2ccc(C(N)=O)cc2N)c1C. The van der Waals surface area contributed by atoms with Crippen molar-refractivity contribution in [2.75, 3.05) is 5.73 Å². The number of nitrogens with two attached hydrogens (primary N) is 2. The summed E-state index contributed by atoms with van der Waals surface area (Å²) >= 11 is 0. The lowest BCUT2D eigenvalue weighted by atomic mass is 10.1. The van der Waals surface area contributed by atoms with Gasteiger partial charge in [-0.15, -0.1) is 0 Å². The molecule has 0 saturated heterocycles. The predicted octanol–water partition coefficient (Wildman–Crippen LogP) is 2.56. The number of primary amides is 1. The minimum absolute atomic E-state index is 0.356. The molecule has 4 N–H and O–H groups in total. The first-order valence-electron chi connectivity index (χ1n) is 6.36. The molecule has 0 unspecified atom stereocenters. The number of carbonyl (C=O) groups is 1. The Kier molecular flexibility index (Phi) is 3.94. The average molecular weight is 270 g/mol. The Labute approximate surface area is 118 Å². The number of amides is 1. The highest BCUT2D eigenvalue weighted by atomic mass is 16.5. The Morgan fingerprint density at radius 2 is 1.95 bits per heavy atom. The van der Waals surface area contributed by atoms with Gasteiger partial charge in [0.2, 0.25) is 5.91 Å². The minimum Gasteiger partial charge on any atom is -0.489 e. The number of rotatable bonds is 4. The van der Waals surface area contributed by atoms with Crippen LogP contribution in [0, 0.1) is 13.8 Å². The third kappa shape index (κ3) is 2.91. The molecular weight excluding hydrogens is 252 g/mol. The molecule has 0 aliphatic rings. The molecule has 0 bridgehead atoms. The molecule has 2 aromatic carbocycles. The lowest BCUT2D eigenvalue weighted by molar-refractivity contribution is 0.100. The zero-order valence-electron chi connectivity index (χ0n) is 11.6. The van der Waals surface area contributed by atoms with Gasteiger partial charge in [-0.1, -0.05) is 18.2 Å². The third-order valence-electron chi connectivity index (χ3n) is 3.37. The maximum Gasteiger partial charge on any atom is 0.248 e. The first-order valence-corrected chi connectivity index (χ1v) is 6.36. The first kappa shape index (κ1) is 13.9. The Bertz CT molecular complexity index is 651. The van der Waals surface area contributed by atoms with Crippen LogP contribution >= 0.6 is 0 Å². The summed E-state index contributed by atoms with van der Waals surface area (Å²) in [4.78, 5) is 11.1. The fourth-order valence-electron chi connectivity index (χ4n) is 1.92. The zero-order valence-corrected chi connectivity index (χ0v) is 11.6. The maximum absolute atomic E-state index is 11.1. The number of anilines is 1. The molecule has 4 heteroatoms. The number of nitrogen functional groups attached to an aromatic ring is 1. The smallest absolute Gasteiger partial charge is 0.248 e.